The molecule has 0 N–H and O–H groups in total. The van der Waals surface area contributed by atoms with E-state index in [9.17, 15) is 13.2 Å². The highest BCUT2D eigenvalue weighted by Crippen LogP contribution is 2.20. The van der Waals surface area contributed by atoms with Gasteiger partial charge in [-0.1, -0.05) is 0 Å². The standard InChI is InChI=1S/C16H25N3O3S/c1-4-18(5-2)13-7-8-15(17-11-13)16(20)19(6-3)14-9-10-23(21,22)12-14/h7-8,11,14H,4-6,9-10,12H2,1-3H3. The van der Waals surface area contributed by atoms with Crippen LogP contribution in [0.5, 0.6) is 0 Å². The van der Waals surface area contributed by atoms with Crippen LogP contribution < -0.4 is 4.90 Å². The number of sulfone groups is 1. The summed E-state index contributed by atoms with van der Waals surface area (Å²) < 4.78 is 23.3. The molecule has 1 saturated heterocycles. The van der Waals surface area contributed by atoms with Crippen LogP contribution in [0.4, 0.5) is 5.69 Å². The fourth-order valence-corrected chi connectivity index (χ4v) is 4.76. The number of carbonyl (C=O) groups excluding carboxylic acids is 1. The Morgan fingerprint density at radius 2 is 1.91 bits per heavy atom. The number of hydrogen-bond donors (Lipinski definition) is 0. The maximum atomic E-state index is 12.6. The first-order chi connectivity index (χ1) is 10.9. The van der Waals surface area contributed by atoms with Crippen LogP contribution in [-0.4, -0.2) is 61.4 Å². The number of hydrogen-bond acceptors (Lipinski definition) is 5. The minimum absolute atomic E-state index is 0.0596. The SMILES string of the molecule is CCN(CC)c1ccc(C(=O)N(CC)C2CCS(=O)(=O)C2)nc1. The van der Waals surface area contributed by atoms with Gasteiger partial charge in [0.25, 0.3) is 5.91 Å². The fraction of sp³-hybridized carbons (Fsp3) is 0.625. The predicted molar refractivity (Wildman–Crippen MR) is 91.6 cm³/mol. The van der Waals surface area contributed by atoms with E-state index in [0.717, 1.165) is 18.8 Å². The molecule has 0 aromatic carbocycles. The van der Waals surface area contributed by atoms with E-state index in [1.54, 1.807) is 17.2 Å². The highest BCUT2D eigenvalue weighted by molar-refractivity contribution is 7.91. The predicted octanol–water partition coefficient (Wildman–Crippen LogP) is 1.58. The molecule has 7 heteroatoms. The second-order valence-electron chi connectivity index (χ2n) is 5.72. The van der Waals surface area contributed by atoms with E-state index < -0.39 is 9.84 Å². The van der Waals surface area contributed by atoms with E-state index in [1.807, 2.05) is 13.0 Å². The third kappa shape index (κ3) is 4.02. The fourth-order valence-electron chi connectivity index (χ4n) is 3.02. The van der Waals surface area contributed by atoms with Crippen molar-refractivity contribution in [2.24, 2.45) is 0 Å². The number of anilines is 1. The molecule has 2 heterocycles. The zero-order valence-electron chi connectivity index (χ0n) is 14.0. The van der Waals surface area contributed by atoms with Gasteiger partial charge in [0.1, 0.15) is 5.69 Å². The first-order valence-electron chi connectivity index (χ1n) is 8.14. The maximum absolute atomic E-state index is 12.6. The van der Waals surface area contributed by atoms with E-state index in [0.29, 0.717) is 18.7 Å². The Kier molecular flexibility index (Phi) is 5.62. The second kappa shape index (κ2) is 7.29. The zero-order valence-corrected chi connectivity index (χ0v) is 14.8. The Hall–Kier alpha value is -1.63. The molecule has 1 atom stereocenters. The van der Waals surface area contributed by atoms with E-state index >= 15 is 0 Å². The van der Waals surface area contributed by atoms with Crippen molar-refractivity contribution in [2.75, 3.05) is 36.0 Å². The summed E-state index contributed by atoms with van der Waals surface area (Å²) in [7, 11) is -3.01. The number of amides is 1. The van der Waals surface area contributed by atoms with Crippen LogP contribution in [0.3, 0.4) is 0 Å². The Labute approximate surface area is 138 Å². The van der Waals surface area contributed by atoms with Gasteiger partial charge in [-0.05, 0) is 39.3 Å². The summed E-state index contributed by atoms with van der Waals surface area (Å²) in [4.78, 5) is 20.7. The van der Waals surface area contributed by atoms with Crippen molar-refractivity contribution in [3.63, 3.8) is 0 Å². The van der Waals surface area contributed by atoms with Crippen LogP contribution in [0.15, 0.2) is 18.3 Å². The maximum Gasteiger partial charge on any atom is 0.272 e. The molecule has 0 radical (unpaired) electrons. The molecule has 0 aliphatic carbocycles. The first kappa shape index (κ1) is 17.7. The summed E-state index contributed by atoms with van der Waals surface area (Å²) in [5, 5.41) is 0. The molecule has 0 bridgehead atoms. The van der Waals surface area contributed by atoms with Crippen molar-refractivity contribution in [1.82, 2.24) is 9.88 Å². The molecular formula is C16H25N3O3S. The van der Waals surface area contributed by atoms with Gasteiger partial charge in [0.2, 0.25) is 0 Å². The molecular weight excluding hydrogens is 314 g/mol. The molecule has 1 amide bonds. The van der Waals surface area contributed by atoms with Gasteiger partial charge in [0.15, 0.2) is 9.84 Å². The summed E-state index contributed by atoms with van der Waals surface area (Å²) in [6, 6.07) is 3.39. The van der Waals surface area contributed by atoms with Crippen LogP contribution in [-0.2, 0) is 9.84 Å². The largest absolute Gasteiger partial charge is 0.371 e. The highest BCUT2D eigenvalue weighted by atomic mass is 32.2. The lowest BCUT2D eigenvalue weighted by molar-refractivity contribution is 0.0702. The number of aromatic nitrogens is 1. The highest BCUT2D eigenvalue weighted by Gasteiger charge is 2.34. The molecule has 128 valence electrons. The van der Waals surface area contributed by atoms with Crippen molar-refractivity contribution >= 4 is 21.4 Å². The topological polar surface area (TPSA) is 70.6 Å². The van der Waals surface area contributed by atoms with Crippen molar-refractivity contribution in [3.05, 3.63) is 24.0 Å². The van der Waals surface area contributed by atoms with Gasteiger partial charge < -0.3 is 9.80 Å². The molecule has 0 saturated carbocycles. The molecule has 1 unspecified atom stereocenters. The third-order valence-corrected chi connectivity index (χ3v) is 6.10. The van der Waals surface area contributed by atoms with Gasteiger partial charge in [0, 0.05) is 25.7 Å². The molecule has 6 nitrogen and oxygen atoms in total. The zero-order chi connectivity index (χ0) is 17.0. The Morgan fingerprint density at radius 1 is 1.22 bits per heavy atom. The molecule has 2 rings (SSSR count). The summed E-state index contributed by atoms with van der Waals surface area (Å²) in [5.74, 6) is 0.0283. The second-order valence-corrected chi connectivity index (χ2v) is 7.95. The Morgan fingerprint density at radius 3 is 2.35 bits per heavy atom. The van der Waals surface area contributed by atoms with E-state index in [-0.39, 0.29) is 23.5 Å². The summed E-state index contributed by atoms with van der Waals surface area (Å²) in [5.41, 5.74) is 1.35. The number of nitrogens with zero attached hydrogens (tertiary/aromatic N) is 3. The van der Waals surface area contributed by atoms with Gasteiger partial charge in [0.05, 0.1) is 23.4 Å². The van der Waals surface area contributed by atoms with Gasteiger partial charge >= 0.3 is 0 Å². The molecule has 1 aliphatic heterocycles. The van der Waals surface area contributed by atoms with Crippen molar-refractivity contribution < 1.29 is 13.2 Å². The molecule has 1 aliphatic rings. The Balaban J connectivity index is 2.15. The molecule has 0 spiro atoms. The van der Waals surface area contributed by atoms with Gasteiger partial charge in [-0.3, -0.25) is 4.79 Å². The lowest BCUT2D eigenvalue weighted by Crippen LogP contribution is -2.41. The number of carbonyl (C=O) groups is 1. The minimum atomic E-state index is -3.01. The first-order valence-corrected chi connectivity index (χ1v) is 9.96. The average molecular weight is 339 g/mol. The number of pyridine rings is 1. The summed E-state index contributed by atoms with van der Waals surface area (Å²) >= 11 is 0. The van der Waals surface area contributed by atoms with E-state index in [1.165, 1.54) is 0 Å². The lowest BCUT2D eigenvalue weighted by Gasteiger charge is -2.27. The van der Waals surface area contributed by atoms with Crippen LogP contribution in [0, 0.1) is 0 Å². The third-order valence-electron chi connectivity index (χ3n) is 4.35. The molecule has 1 fully saturated rings. The van der Waals surface area contributed by atoms with Crippen LogP contribution in [0.25, 0.3) is 0 Å². The Bertz CT molecular complexity index is 639. The normalized spacial score (nSPS) is 19.5. The molecule has 1 aromatic heterocycles. The van der Waals surface area contributed by atoms with Gasteiger partial charge in [-0.15, -0.1) is 0 Å². The molecule has 23 heavy (non-hydrogen) atoms. The molecule has 1 aromatic rings. The van der Waals surface area contributed by atoms with Crippen LogP contribution in [0.1, 0.15) is 37.7 Å². The quantitative estimate of drug-likeness (QED) is 0.787. The van der Waals surface area contributed by atoms with Crippen molar-refractivity contribution in [2.45, 2.75) is 33.2 Å². The van der Waals surface area contributed by atoms with Gasteiger partial charge in [-0.2, -0.15) is 0 Å². The smallest absolute Gasteiger partial charge is 0.272 e. The van der Waals surface area contributed by atoms with E-state index in [2.05, 4.69) is 23.7 Å². The average Bonchev–Trinajstić information content (AvgIpc) is 2.89. The monoisotopic (exact) mass is 339 g/mol. The van der Waals surface area contributed by atoms with Crippen molar-refractivity contribution in [1.29, 1.82) is 0 Å². The number of rotatable bonds is 6. The minimum Gasteiger partial charge on any atom is -0.371 e. The van der Waals surface area contributed by atoms with Crippen LogP contribution in [0.2, 0.25) is 0 Å². The van der Waals surface area contributed by atoms with Crippen molar-refractivity contribution in [3.8, 4) is 0 Å². The van der Waals surface area contributed by atoms with Gasteiger partial charge in [-0.25, -0.2) is 13.4 Å². The van der Waals surface area contributed by atoms with E-state index in [4.69, 9.17) is 0 Å². The summed E-state index contributed by atoms with van der Waals surface area (Å²) in [6.07, 6.45) is 2.22. The lowest BCUT2D eigenvalue weighted by atomic mass is 10.2. The summed E-state index contributed by atoms with van der Waals surface area (Å²) in [6.45, 7) is 8.26. The van der Waals surface area contributed by atoms with Crippen LogP contribution >= 0.6 is 0 Å².